The Labute approximate surface area is 173 Å². The molecule has 2 atom stereocenters. The lowest BCUT2D eigenvalue weighted by Crippen LogP contribution is -2.37. The molecule has 1 aliphatic rings. The maximum Gasteiger partial charge on any atom is 0.222 e. The maximum absolute atomic E-state index is 12.3. The summed E-state index contributed by atoms with van der Waals surface area (Å²) in [6, 6.07) is 5.21. The number of hydrogen-bond donors (Lipinski definition) is 1. The van der Waals surface area contributed by atoms with Crippen LogP contribution in [-0.4, -0.2) is 41.2 Å². The van der Waals surface area contributed by atoms with Crippen LogP contribution in [0.1, 0.15) is 52.4 Å². The van der Waals surface area contributed by atoms with Crippen molar-refractivity contribution in [1.29, 1.82) is 0 Å². The molecule has 0 bridgehead atoms. The fraction of sp³-hybridized carbons (Fsp3) is 0.571. The topological polar surface area (TPSA) is 49.8 Å². The summed E-state index contributed by atoms with van der Waals surface area (Å²) in [5.41, 5.74) is -0.604. The van der Waals surface area contributed by atoms with Gasteiger partial charge in [0.15, 0.2) is 0 Å². The molecular formula is C21H31Cl2NO3. The van der Waals surface area contributed by atoms with Gasteiger partial charge in [0.25, 0.3) is 0 Å². The minimum absolute atomic E-state index is 0.0890. The van der Waals surface area contributed by atoms with Crippen molar-refractivity contribution in [1.82, 2.24) is 4.90 Å². The zero-order chi connectivity index (χ0) is 20.4. The molecule has 0 spiro atoms. The molecule has 1 aromatic rings. The first-order valence-electron chi connectivity index (χ1n) is 9.39. The predicted octanol–water partition coefficient (Wildman–Crippen LogP) is 5.50. The predicted molar refractivity (Wildman–Crippen MR) is 113 cm³/mol. The van der Waals surface area contributed by atoms with E-state index >= 15 is 0 Å². The molecule has 2 unspecified atom stereocenters. The molecule has 1 aromatic carbocycles. The van der Waals surface area contributed by atoms with Crippen LogP contribution in [0.15, 0.2) is 30.9 Å². The van der Waals surface area contributed by atoms with E-state index in [1.165, 1.54) is 0 Å². The van der Waals surface area contributed by atoms with Gasteiger partial charge in [-0.3, -0.25) is 4.79 Å². The molecule has 2 rings (SSSR count). The molecule has 1 saturated carbocycles. The molecule has 6 heteroatoms. The number of rotatable bonds is 7. The van der Waals surface area contributed by atoms with Crippen molar-refractivity contribution >= 4 is 29.1 Å². The van der Waals surface area contributed by atoms with E-state index in [9.17, 15) is 9.90 Å². The Hall–Kier alpha value is -1.23. The summed E-state index contributed by atoms with van der Waals surface area (Å²) in [4.78, 5) is 14.1. The average Bonchev–Trinajstić information content (AvgIpc) is 3.03. The van der Waals surface area contributed by atoms with Crippen LogP contribution in [0.5, 0.6) is 5.75 Å². The summed E-state index contributed by atoms with van der Waals surface area (Å²) in [5, 5.41) is 11.3. The Kier molecular flexibility index (Phi) is 10.2. The fourth-order valence-electron chi connectivity index (χ4n) is 3.11. The third kappa shape index (κ3) is 7.73. The van der Waals surface area contributed by atoms with E-state index in [4.69, 9.17) is 27.9 Å². The molecule has 0 saturated heterocycles. The van der Waals surface area contributed by atoms with E-state index in [1.807, 2.05) is 20.9 Å². The second kappa shape index (κ2) is 11.6. The average molecular weight is 416 g/mol. The molecular weight excluding hydrogens is 385 g/mol. The van der Waals surface area contributed by atoms with Crippen molar-refractivity contribution in [3.63, 3.8) is 0 Å². The van der Waals surface area contributed by atoms with E-state index in [0.717, 1.165) is 19.3 Å². The minimum Gasteiger partial charge on any atom is -0.492 e. The van der Waals surface area contributed by atoms with Crippen molar-refractivity contribution in [2.75, 3.05) is 13.7 Å². The SMILES string of the molecule is C=CC.CCC1(O)CCC(N(C)C(=O)CCCOc2ccc(Cl)cc2Cl)C1. The number of ether oxygens (including phenoxy) is 1. The first kappa shape index (κ1) is 23.8. The van der Waals surface area contributed by atoms with Crippen LogP contribution in [0, 0.1) is 0 Å². The minimum atomic E-state index is -0.604. The van der Waals surface area contributed by atoms with Gasteiger partial charge in [-0.1, -0.05) is 36.2 Å². The summed E-state index contributed by atoms with van der Waals surface area (Å²) in [5.74, 6) is 0.664. The third-order valence-corrected chi connectivity index (χ3v) is 5.37. The summed E-state index contributed by atoms with van der Waals surface area (Å²) in [6.07, 6.45) is 5.83. The second-order valence-electron chi connectivity index (χ2n) is 6.91. The lowest BCUT2D eigenvalue weighted by atomic mass is 9.99. The molecule has 1 fully saturated rings. The zero-order valence-corrected chi connectivity index (χ0v) is 18.0. The lowest BCUT2D eigenvalue weighted by Gasteiger charge is -2.26. The number of carbonyl (C=O) groups is 1. The number of allylic oxidation sites excluding steroid dienone is 1. The summed E-state index contributed by atoms with van der Waals surface area (Å²) < 4.78 is 5.60. The number of halogens is 2. The van der Waals surface area contributed by atoms with E-state index in [1.54, 1.807) is 29.2 Å². The van der Waals surface area contributed by atoms with Gasteiger partial charge in [0.05, 0.1) is 17.2 Å². The zero-order valence-electron chi connectivity index (χ0n) is 16.5. The van der Waals surface area contributed by atoms with Gasteiger partial charge in [0.2, 0.25) is 5.91 Å². The Morgan fingerprint density at radius 2 is 2.15 bits per heavy atom. The Bertz CT molecular complexity index is 623. The second-order valence-corrected chi connectivity index (χ2v) is 7.76. The molecule has 0 heterocycles. The van der Waals surface area contributed by atoms with Gasteiger partial charge >= 0.3 is 0 Å². The highest BCUT2D eigenvalue weighted by Gasteiger charge is 2.38. The standard InChI is InChI=1S/C18H25Cl2NO3.C3H6/c1-3-18(23)9-8-14(12-18)21(2)17(22)5-4-10-24-16-7-6-13(19)11-15(16)20;1-3-2/h6-7,11,14,23H,3-5,8-10,12H2,1-2H3;3H,1H2,2H3. The maximum atomic E-state index is 12.3. The van der Waals surface area contributed by atoms with E-state index in [2.05, 4.69) is 6.58 Å². The highest BCUT2D eigenvalue weighted by Crippen LogP contribution is 2.35. The van der Waals surface area contributed by atoms with Gasteiger partial charge in [-0.05, 0) is 57.2 Å². The summed E-state index contributed by atoms with van der Waals surface area (Å²) in [6.45, 7) is 7.66. The first-order chi connectivity index (χ1) is 12.8. The van der Waals surface area contributed by atoms with Crippen molar-refractivity contribution in [2.45, 2.75) is 64.0 Å². The Morgan fingerprint density at radius 1 is 1.48 bits per heavy atom. The van der Waals surface area contributed by atoms with Crippen LogP contribution >= 0.6 is 23.2 Å². The highest BCUT2D eigenvalue weighted by molar-refractivity contribution is 6.35. The number of benzene rings is 1. The van der Waals surface area contributed by atoms with E-state index < -0.39 is 5.60 Å². The third-order valence-electron chi connectivity index (χ3n) is 4.84. The van der Waals surface area contributed by atoms with Gasteiger partial charge in [-0.15, -0.1) is 6.58 Å². The fourth-order valence-corrected chi connectivity index (χ4v) is 3.57. The summed E-state index contributed by atoms with van der Waals surface area (Å²) in [7, 11) is 1.82. The molecule has 0 radical (unpaired) electrons. The lowest BCUT2D eigenvalue weighted by molar-refractivity contribution is -0.132. The first-order valence-corrected chi connectivity index (χ1v) is 10.1. The van der Waals surface area contributed by atoms with Crippen LogP contribution in [0.2, 0.25) is 10.0 Å². The van der Waals surface area contributed by atoms with Crippen LogP contribution in [0.3, 0.4) is 0 Å². The molecule has 152 valence electrons. The quantitative estimate of drug-likeness (QED) is 0.472. The molecule has 1 aliphatic carbocycles. The van der Waals surface area contributed by atoms with Gasteiger partial charge < -0.3 is 14.7 Å². The highest BCUT2D eigenvalue weighted by atomic mass is 35.5. The van der Waals surface area contributed by atoms with Crippen molar-refractivity contribution in [3.8, 4) is 5.75 Å². The van der Waals surface area contributed by atoms with Gasteiger partial charge in [-0.25, -0.2) is 0 Å². The number of amides is 1. The van der Waals surface area contributed by atoms with E-state index in [-0.39, 0.29) is 11.9 Å². The normalized spacial score (nSPS) is 21.2. The van der Waals surface area contributed by atoms with Gasteiger partial charge in [-0.2, -0.15) is 0 Å². The van der Waals surface area contributed by atoms with Crippen molar-refractivity contribution in [3.05, 3.63) is 40.9 Å². The number of aliphatic hydroxyl groups is 1. The smallest absolute Gasteiger partial charge is 0.222 e. The molecule has 1 amide bonds. The van der Waals surface area contributed by atoms with Crippen molar-refractivity contribution in [2.24, 2.45) is 0 Å². The van der Waals surface area contributed by atoms with Crippen LogP contribution < -0.4 is 4.74 Å². The number of nitrogens with zero attached hydrogens (tertiary/aromatic N) is 1. The summed E-state index contributed by atoms with van der Waals surface area (Å²) >= 11 is 11.9. The largest absolute Gasteiger partial charge is 0.492 e. The number of carbonyl (C=O) groups excluding carboxylic acids is 1. The van der Waals surface area contributed by atoms with Crippen LogP contribution in [0.4, 0.5) is 0 Å². The Morgan fingerprint density at radius 3 is 2.70 bits per heavy atom. The van der Waals surface area contributed by atoms with Gasteiger partial charge in [0, 0.05) is 24.5 Å². The molecule has 0 aliphatic heterocycles. The Balaban J connectivity index is 0.00000114. The van der Waals surface area contributed by atoms with Crippen LogP contribution in [0.25, 0.3) is 0 Å². The molecule has 4 nitrogen and oxygen atoms in total. The molecule has 27 heavy (non-hydrogen) atoms. The van der Waals surface area contributed by atoms with Gasteiger partial charge in [0.1, 0.15) is 5.75 Å². The number of hydrogen-bond acceptors (Lipinski definition) is 3. The molecule has 1 N–H and O–H groups in total. The monoisotopic (exact) mass is 415 g/mol. The van der Waals surface area contributed by atoms with E-state index in [0.29, 0.717) is 41.7 Å². The molecule has 0 aromatic heterocycles. The van der Waals surface area contributed by atoms with Crippen molar-refractivity contribution < 1.29 is 14.6 Å². The van der Waals surface area contributed by atoms with Crippen LogP contribution in [-0.2, 0) is 4.79 Å².